The molecule has 3 N–H and O–H groups in total. The third-order valence-electron chi connectivity index (χ3n) is 3.03. The first kappa shape index (κ1) is 23.7. The van der Waals surface area contributed by atoms with Gasteiger partial charge in [-0.25, -0.2) is 13.4 Å². The summed E-state index contributed by atoms with van der Waals surface area (Å²) in [6.07, 6.45) is 1.17. The molecule has 144 valence electrons. The number of methoxy groups -OCH3 is 2. The summed E-state index contributed by atoms with van der Waals surface area (Å²) in [5.74, 6) is 1.59. The van der Waals surface area contributed by atoms with Gasteiger partial charge < -0.3 is 25.3 Å². The lowest BCUT2D eigenvalue weighted by molar-refractivity contribution is 0.154. The van der Waals surface area contributed by atoms with Gasteiger partial charge in [-0.1, -0.05) is 6.07 Å². The van der Waals surface area contributed by atoms with Crippen molar-refractivity contribution in [1.29, 1.82) is 0 Å². The molecule has 0 saturated carbocycles. The number of aliphatic imine (C=N–C) groups is 1. The quantitative estimate of drug-likeness (QED) is 0.217. The van der Waals surface area contributed by atoms with Gasteiger partial charge in [0.25, 0.3) is 0 Å². The number of ether oxygens (including phenoxy) is 3. The van der Waals surface area contributed by atoms with Crippen LogP contribution in [0.3, 0.4) is 0 Å². The highest BCUT2D eigenvalue weighted by atomic mass is 127. The van der Waals surface area contributed by atoms with E-state index in [1.807, 2.05) is 18.2 Å². The number of nitrogens with zero attached hydrogens (tertiary/aromatic N) is 1. The normalized spacial score (nSPS) is 11.6. The highest BCUT2D eigenvalue weighted by Crippen LogP contribution is 2.27. The van der Waals surface area contributed by atoms with Gasteiger partial charge in [-0.05, 0) is 17.7 Å². The first-order valence-corrected chi connectivity index (χ1v) is 9.42. The highest BCUT2D eigenvalue weighted by molar-refractivity contribution is 14.0. The van der Waals surface area contributed by atoms with Gasteiger partial charge in [0, 0.05) is 12.8 Å². The largest absolute Gasteiger partial charge is 0.493 e. The van der Waals surface area contributed by atoms with Gasteiger partial charge in [-0.2, -0.15) is 0 Å². The number of hydrogen-bond acceptors (Lipinski definition) is 6. The summed E-state index contributed by atoms with van der Waals surface area (Å²) in [6, 6.07) is 5.53. The molecule has 0 radical (unpaired) electrons. The molecule has 1 rings (SSSR count). The number of halogens is 1. The fourth-order valence-corrected chi connectivity index (χ4v) is 2.20. The van der Waals surface area contributed by atoms with E-state index in [-0.39, 0.29) is 42.3 Å². The maximum atomic E-state index is 10.9. The summed E-state index contributed by atoms with van der Waals surface area (Å²) in [5.41, 5.74) is 6.70. The van der Waals surface area contributed by atoms with Crippen molar-refractivity contribution in [3.8, 4) is 11.5 Å². The zero-order chi connectivity index (χ0) is 18.0. The first-order valence-electron chi connectivity index (χ1n) is 7.36. The fraction of sp³-hybridized carbons (Fsp3) is 0.533. The minimum Gasteiger partial charge on any atom is -0.493 e. The lowest BCUT2D eigenvalue weighted by atomic mass is 10.2. The molecule has 0 amide bonds. The SMILES string of the molecule is COc1ccc(CN=C(N)NCCOCCS(C)(=O)=O)cc1OC.I. The average Bonchev–Trinajstić information content (AvgIpc) is 2.54. The first-order chi connectivity index (χ1) is 11.4. The van der Waals surface area contributed by atoms with E-state index in [2.05, 4.69) is 10.3 Å². The van der Waals surface area contributed by atoms with Crippen LogP contribution < -0.4 is 20.5 Å². The Bertz CT molecular complexity index is 653. The molecule has 1 aromatic carbocycles. The molecule has 10 heteroatoms. The highest BCUT2D eigenvalue weighted by Gasteiger charge is 2.04. The second kappa shape index (κ2) is 12.1. The Morgan fingerprint density at radius 2 is 1.88 bits per heavy atom. The van der Waals surface area contributed by atoms with Gasteiger partial charge in [0.2, 0.25) is 0 Å². The molecule has 0 fully saturated rings. The minimum absolute atomic E-state index is 0. The predicted octanol–water partition coefficient (Wildman–Crippen LogP) is 0.787. The Hall–Kier alpha value is -1.27. The van der Waals surface area contributed by atoms with E-state index in [0.717, 1.165) is 5.56 Å². The lowest BCUT2D eigenvalue weighted by Crippen LogP contribution is -2.34. The molecule has 0 aromatic heterocycles. The molecule has 0 unspecified atom stereocenters. The van der Waals surface area contributed by atoms with E-state index in [0.29, 0.717) is 31.2 Å². The zero-order valence-electron chi connectivity index (χ0n) is 14.6. The van der Waals surface area contributed by atoms with Crippen LogP contribution in [0.2, 0.25) is 0 Å². The van der Waals surface area contributed by atoms with Crippen molar-refractivity contribution in [3.63, 3.8) is 0 Å². The van der Waals surface area contributed by atoms with Crippen molar-refractivity contribution >= 4 is 39.8 Å². The van der Waals surface area contributed by atoms with Crippen molar-refractivity contribution in [2.45, 2.75) is 6.54 Å². The smallest absolute Gasteiger partial charge is 0.188 e. The molecule has 0 spiro atoms. The molecule has 0 saturated heterocycles. The second-order valence-corrected chi connectivity index (χ2v) is 7.32. The summed E-state index contributed by atoms with van der Waals surface area (Å²) in [7, 11) is 0.162. The van der Waals surface area contributed by atoms with Crippen LogP contribution in [0, 0.1) is 0 Å². The van der Waals surface area contributed by atoms with Crippen molar-refractivity contribution in [2.75, 3.05) is 46.0 Å². The van der Waals surface area contributed by atoms with Crippen molar-refractivity contribution in [1.82, 2.24) is 5.32 Å². The standard InChI is InChI=1S/C15H25N3O5S.HI/c1-21-13-5-4-12(10-14(13)22-2)11-18-15(16)17-6-7-23-8-9-24(3,19)20;/h4-5,10H,6-9,11H2,1-3H3,(H3,16,17,18);1H. The number of sulfone groups is 1. The van der Waals surface area contributed by atoms with Gasteiger partial charge in [-0.15, -0.1) is 24.0 Å². The summed E-state index contributed by atoms with van der Waals surface area (Å²) in [6.45, 7) is 1.37. The Morgan fingerprint density at radius 3 is 2.48 bits per heavy atom. The van der Waals surface area contributed by atoms with Gasteiger partial charge in [-0.3, -0.25) is 0 Å². The molecular weight excluding hydrogens is 461 g/mol. The van der Waals surface area contributed by atoms with Crippen LogP contribution in [0.25, 0.3) is 0 Å². The molecule has 0 heterocycles. The van der Waals surface area contributed by atoms with E-state index < -0.39 is 9.84 Å². The monoisotopic (exact) mass is 487 g/mol. The van der Waals surface area contributed by atoms with E-state index in [1.165, 1.54) is 6.26 Å². The van der Waals surface area contributed by atoms with Crippen molar-refractivity contribution < 1.29 is 22.6 Å². The third kappa shape index (κ3) is 10.3. The molecular formula is C15H26IN3O5S. The zero-order valence-corrected chi connectivity index (χ0v) is 17.8. The molecule has 0 aliphatic rings. The van der Waals surface area contributed by atoms with Crippen LogP contribution >= 0.6 is 24.0 Å². The molecule has 0 aliphatic carbocycles. The van der Waals surface area contributed by atoms with E-state index in [9.17, 15) is 8.42 Å². The molecule has 0 aliphatic heterocycles. The average molecular weight is 487 g/mol. The summed E-state index contributed by atoms with van der Waals surface area (Å²) in [5, 5.41) is 2.90. The Labute approximate surface area is 166 Å². The Balaban J connectivity index is 0.00000576. The number of guanidine groups is 1. The van der Waals surface area contributed by atoms with Gasteiger partial charge >= 0.3 is 0 Å². The van der Waals surface area contributed by atoms with Crippen LogP contribution in [-0.4, -0.2) is 60.4 Å². The van der Waals surface area contributed by atoms with Crippen molar-refractivity contribution in [2.24, 2.45) is 10.7 Å². The topological polar surface area (TPSA) is 112 Å². The predicted molar refractivity (Wildman–Crippen MR) is 109 cm³/mol. The van der Waals surface area contributed by atoms with E-state index >= 15 is 0 Å². The fourth-order valence-electron chi connectivity index (χ4n) is 1.77. The van der Waals surface area contributed by atoms with Crippen LogP contribution in [0.15, 0.2) is 23.2 Å². The summed E-state index contributed by atoms with van der Waals surface area (Å²) in [4.78, 5) is 4.22. The van der Waals surface area contributed by atoms with Crippen LogP contribution in [0.4, 0.5) is 0 Å². The van der Waals surface area contributed by atoms with Gasteiger partial charge in [0.15, 0.2) is 17.5 Å². The van der Waals surface area contributed by atoms with Crippen LogP contribution in [-0.2, 0) is 21.1 Å². The number of nitrogens with two attached hydrogens (primary N) is 1. The molecule has 1 aromatic rings. The molecule has 0 bridgehead atoms. The minimum atomic E-state index is -2.99. The number of benzene rings is 1. The number of rotatable bonds is 10. The Kier molecular flexibility index (Phi) is 11.5. The van der Waals surface area contributed by atoms with Gasteiger partial charge in [0.1, 0.15) is 9.84 Å². The van der Waals surface area contributed by atoms with Crippen LogP contribution in [0.5, 0.6) is 11.5 Å². The third-order valence-corrected chi connectivity index (χ3v) is 3.94. The molecule has 25 heavy (non-hydrogen) atoms. The van der Waals surface area contributed by atoms with E-state index in [1.54, 1.807) is 14.2 Å². The molecule has 0 atom stereocenters. The maximum Gasteiger partial charge on any atom is 0.188 e. The van der Waals surface area contributed by atoms with Gasteiger partial charge in [0.05, 0.1) is 39.7 Å². The van der Waals surface area contributed by atoms with E-state index in [4.69, 9.17) is 19.9 Å². The summed E-state index contributed by atoms with van der Waals surface area (Å²) < 4.78 is 37.5. The molecule has 8 nitrogen and oxygen atoms in total. The second-order valence-electron chi connectivity index (χ2n) is 5.06. The summed E-state index contributed by atoms with van der Waals surface area (Å²) >= 11 is 0. The maximum absolute atomic E-state index is 10.9. The lowest BCUT2D eigenvalue weighted by Gasteiger charge is -2.09. The van der Waals surface area contributed by atoms with Crippen LogP contribution in [0.1, 0.15) is 5.56 Å². The number of nitrogens with one attached hydrogen (secondary N) is 1. The number of hydrogen-bond donors (Lipinski definition) is 2. The Morgan fingerprint density at radius 1 is 1.20 bits per heavy atom. The van der Waals surface area contributed by atoms with Crippen molar-refractivity contribution in [3.05, 3.63) is 23.8 Å².